The molecule has 0 saturated heterocycles. The van der Waals surface area contributed by atoms with E-state index < -0.39 is 0 Å². The number of benzene rings is 2. The molecule has 5 nitrogen and oxygen atoms in total. The molecule has 0 bridgehead atoms. The van der Waals surface area contributed by atoms with Gasteiger partial charge in [-0.25, -0.2) is 4.98 Å². The van der Waals surface area contributed by atoms with E-state index >= 15 is 0 Å². The highest BCUT2D eigenvalue weighted by Crippen LogP contribution is 2.33. The Morgan fingerprint density at radius 2 is 1.86 bits per heavy atom. The average molecular weight is 454 g/mol. The first-order chi connectivity index (χ1) is 13.5. The highest BCUT2D eigenvalue weighted by molar-refractivity contribution is 7.22. The van der Waals surface area contributed by atoms with Crippen LogP contribution in [-0.2, 0) is 4.79 Å². The maximum absolute atomic E-state index is 12.9. The summed E-state index contributed by atoms with van der Waals surface area (Å²) in [4.78, 5) is 21.4. The van der Waals surface area contributed by atoms with Gasteiger partial charge in [0.2, 0.25) is 5.91 Å². The van der Waals surface area contributed by atoms with Crippen molar-refractivity contribution in [2.75, 3.05) is 38.7 Å². The second-order valence-corrected chi connectivity index (χ2v) is 8.11. The van der Waals surface area contributed by atoms with E-state index in [-0.39, 0.29) is 18.3 Å². The maximum Gasteiger partial charge on any atom is 0.232 e. The van der Waals surface area contributed by atoms with Crippen LogP contribution in [0.5, 0.6) is 5.75 Å². The van der Waals surface area contributed by atoms with Gasteiger partial charge in [-0.2, -0.15) is 0 Å². The highest BCUT2D eigenvalue weighted by Gasteiger charge is 2.20. The number of para-hydroxylation sites is 2. The molecular weight excluding hydrogens is 429 g/mol. The maximum atomic E-state index is 12.9. The predicted molar refractivity (Wildman–Crippen MR) is 124 cm³/mol. The third-order valence-electron chi connectivity index (χ3n) is 4.21. The molecule has 0 N–H and O–H groups in total. The first-order valence-corrected chi connectivity index (χ1v) is 10.4. The summed E-state index contributed by atoms with van der Waals surface area (Å²) in [6.07, 6.45) is 1.16. The molecule has 0 aliphatic rings. The Morgan fingerprint density at radius 1 is 1.10 bits per heavy atom. The number of amides is 1. The molecule has 0 fully saturated rings. The van der Waals surface area contributed by atoms with Gasteiger partial charge in [0.1, 0.15) is 11.3 Å². The number of rotatable bonds is 9. The van der Waals surface area contributed by atoms with Gasteiger partial charge in [-0.1, -0.05) is 47.2 Å². The minimum atomic E-state index is 0. The summed E-state index contributed by atoms with van der Waals surface area (Å²) >= 11 is 7.76. The van der Waals surface area contributed by atoms with Crippen molar-refractivity contribution in [2.24, 2.45) is 0 Å². The second kappa shape index (κ2) is 11.4. The lowest BCUT2D eigenvalue weighted by Crippen LogP contribution is -2.34. The lowest BCUT2D eigenvalue weighted by Gasteiger charge is -2.21. The molecule has 0 spiro atoms. The number of carbonyl (C=O) groups is 1. The Kier molecular flexibility index (Phi) is 9.17. The van der Waals surface area contributed by atoms with Crippen LogP contribution in [0.4, 0.5) is 5.13 Å². The molecule has 1 aromatic heterocycles. The lowest BCUT2D eigenvalue weighted by atomic mass is 10.3. The van der Waals surface area contributed by atoms with Crippen molar-refractivity contribution in [3.05, 3.63) is 53.6 Å². The zero-order chi connectivity index (χ0) is 19.9. The summed E-state index contributed by atoms with van der Waals surface area (Å²) in [6.45, 7) is 1.84. The molecule has 0 unspecified atom stereocenters. The van der Waals surface area contributed by atoms with Crippen LogP contribution < -0.4 is 9.64 Å². The van der Waals surface area contributed by atoms with Gasteiger partial charge >= 0.3 is 0 Å². The molecule has 156 valence electrons. The fourth-order valence-corrected chi connectivity index (χ4v) is 4.11. The third-order valence-corrected chi connectivity index (χ3v) is 5.55. The van der Waals surface area contributed by atoms with Crippen LogP contribution in [0.15, 0.2) is 48.5 Å². The Bertz CT molecular complexity index is 919. The Hall–Kier alpha value is -1.86. The Morgan fingerprint density at radius 3 is 2.55 bits per heavy atom. The van der Waals surface area contributed by atoms with Gasteiger partial charge in [0.25, 0.3) is 0 Å². The number of fused-ring (bicyclic) bond motifs is 1. The number of carbonyl (C=O) groups excluding carboxylic acids is 1. The molecule has 1 amide bonds. The van der Waals surface area contributed by atoms with Gasteiger partial charge in [0.05, 0.1) is 22.8 Å². The number of thiazole rings is 1. The van der Waals surface area contributed by atoms with Crippen LogP contribution in [0.2, 0.25) is 5.02 Å². The summed E-state index contributed by atoms with van der Waals surface area (Å²) < 4.78 is 6.67. The molecule has 0 aliphatic carbocycles. The summed E-state index contributed by atoms with van der Waals surface area (Å²) in [7, 11) is 4.05. The van der Waals surface area contributed by atoms with E-state index in [2.05, 4.69) is 9.88 Å². The van der Waals surface area contributed by atoms with E-state index in [0.29, 0.717) is 29.7 Å². The van der Waals surface area contributed by atoms with Crippen LogP contribution in [0.3, 0.4) is 0 Å². The van der Waals surface area contributed by atoms with E-state index in [1.807, 2.05) is 62.6 Å². The molecule has 0 atom stereocenters. The smallest absolute Gasteiger partial charge is 0.232 e. The molecule has 3 rings (SSSR count). The largest absolute Gasteiger partial charge is 0.493 e. The van der Waals surface area contributed by atoms with Crippen molar-refractivity contribution in [1.82, 2.24) is 9.88 Å². The summed E-state index contributed by atoms with van der Waals surface area (Å²) in [5.41, 5.74) is 0.745. The Balaban J connectivity index is 0.00000300. The minimum Gasteiger partial charge on any atom is -0.493 e. The number of aromatic nitrogens is 1. The normalized spacial score (nSPS) is 10.8. The molecule has 1 heterocycles. The number of halogens is 2. The lowest BCUT2D eigenvalue weighted by molar-refractivity contribution is -0.119. The van der Waals surface area contributed by atoms with E-state index in [9.17, 15) is 4.79 Å². The third kappa shape index (κ3) is 6.57. The van der Waals surface area contributed by atoms with Gasteiger partial charge in [-0.15, -0.1) is 12.4 Å². The van der Waals surface area contributed by atoms with Crippen LogP contribution in [0, 0.1) is 0 Å². The van der Waals surface area contributed by atoms with Crippen molar-refractivity contribution < 1.29 is 9.53 Å². The number of hydrogen-bond donors (Lipinski definition) is 0. The van der Waals surface area contributed by atoms with Crippen LogP contribution in [0.1, 0.15) is 12.8 Å². The van der Waals surface area contributed by atoms with Gasteiger partial charge in [-0.3, -0.25) is 9.69 Å². The number of anilines is 1. The number of nitrogens with zero attached hydrogens (tertiary/aromatic N) is 3. The molecule has 2 aromatic carbocycles. The fraction of sp³-hybridized carbons (Fsp3) is 0.333. The number of hydrogen-bond acceptors (Lipinski definition) is 5. The Labute approximate surface area is 186 Å². The molecular formula is C21H25Cl2N3O2S. The molecule has 0 saturated carbocycles. The standard InChI is InChI=1S/C21H24ClN3O2S.ClH/c1-24(2)13-7-14-25(19(26)12-15-27-16-8-4-3-5-9-16)21-23-20-17(22)10-6-11-18(20)28-21;/h3-6,8-11H,7,12-15H2,1-2H3;1H. The van der Waals surface area contributed by atoms with Crippen LogP contribution in [0.25, 0.3) is 10.2 Å². The molecule has 0 aliphatic heterocycles. The SMILES string of the molecule is CN(C)CCCN(C(=O)CCOc1ccccc1)c1nc2c(Cl)cccc2s1.Cl. The van der Waals surface area contributed by atoms with Crippen molar-refractivity contribution in [3.63, 3.8) is 0 Å². The molecule has 29 heavy (non-hydrogen) atoms. The van der Waals surface area contributed by atoms with Gasteiger partial charge in [0.15, 0.2) is 5.13 Å². The first kappa shape index (κ1) is 23.4. The predicted octanol–water partition coefficient (Wildman–Crippen LogP) is 5.13. The topological polar surface area (TPSA) is 45.7 Å². The first-order valence-electron chi connectivity index (χ1n) is 9.22. The monoisotopic (exact) mass is 453 g/mol. The zero-order valence-corrected chi connectivity index (χ0v) is 18.9. The fourth-order valence-electron chi connectivity index (χ4n) is 2.80. The van der Waals surface area contributed by atoms with E-state index in [4.69, 9.17) is 16.3 Å². The average Bonchev–Trinajstić information content (AvgIpc) is 3.11. The number of ether oxygens (including phenoxy) is 1. The van der Waals surface area contributed by atoms with Gasteiger partial charge < -0.3 is 9.64 Å². The second-order valence-electron chi connectivity index (χ2n) is 6.70. The van der Waals surface area contributed by atoms with Crippen molar-refractivity contribution in [3.8, 4) is 5.75 Å². The zero-order valence-electron chi connectivity index (χ0n) is 16.5. The van der Waals surface area contributed by atoms with Gasteiger partial charge in [-0.05, 0) is 51.3 Å². The van der Waals surface area contributed by atoms with Crippen molar-refractivity contribution in [1.29, 1.82) is 0 Å². The van der Waals surface area contributed by atoms with E-state index in [0.717, 1.165) is 28.9 Å². The van der Waals surface area contributed by atoms with Crippen molar-refractivity contribution in [2.45, 2.75) is 12.8 Å². The molecule has 0 radical (unpaired) electrons. The highest BCUT2D eigenvalue weighted by atomic mass is 35.5. The summed E-state index contributed by atoms with van der Waals surface area (Å²) in [5, 5.41) is 1.29. The van der Waals surface area contributed by atoms with Crippen molar-refractivity contribution >= 4 is 56.6 Å². The molecule has 8 heteroatoms. The quantitative estimate of drug-likeness (QED) is 0.450. The minimum absolute atomic E-state index is 0. The summed E-state index contributed by atoms with van der Waals surface area (Å²) in [6, 6.07) is 15.2. The van der Waals surface area contributed by atoms with Gasteiger partial charge in [0, 0.05) is 6.54 Å². The van der Waals surface area contributed by atoms with E-state index in [1.165, 1.54) is 11.3 Å². The van der Waals surface area contributed by atoms with E-state index in [1.54, 1.807) is 4.90 Å². The van der Waals surface area contributed by atoms with Crippen LogP contribution in [-0.4, -0.2) is 49.6 Å². The molecule has 3 aromatic rings. The van der Waals surface area contributed by atoms with Crippen LogP contribution >= 0.6 is 35.3 Å². The summed E-state index contributed by atoms with van der Waals surface area (Å²) in [5.74, 6) is 0.770.